The molecule has 5 heteroatoms. The third-order valence-corrected chi connectivity index (χ3v) is 3.32. The normalized spacial score (nSPS) is 15.6. The number of hydrogen-bond acceptors (Lipinski definition) is 5. The van der Waals surface area contributed by atoms with Crippen molar-refractivity contribution < 1.29 is 24.2 Å². The molecule has 19 heavy (non-hydrogen) atoms. The number of esters is 1. The number of rotatable bonds is 10. The highest BCUT2D eigenvalue weighted by Gasteiger charge is 2.36. The summed E-state index contributed by atoms with van der Waals surface area (Å²) in [4.78, 5) is 23.6. The summed E-state index contributed by atoms with van der Waals surface area (Å²) in [6.45, 7) is 3.64. The minimum absolute atomic E-state index is 0.0592. The Labute approximate surface area is 115 Å². The Hall–Kier alpha value is -0.940. The number of carbonyl (C=O) groups is 2. The zero-order chi connectivity index (χ0) is 14.8. The Morgan fingerprint density at radius 2 is 1.84 bits per heavy atom. The van der Waals surface area contributed by atoms with Gasteiger partial charge in [-0.1, -0.05) is 33.1 Å². The lowest BCUT2D eigenvalue weighted by atomic mass is 9.84. The topological polar surface area (TPSA) is 72.8 Å². The van der Waals surface area contributed by atoms with Gasteiger partial charge in [0, 0.05) is 13.0 Å². The van der Waals surface area contributed by atoms with Crippen molar-refractivity contribution in [3.63, 3.8) is 0 Å². The van der Waals surface area contributed by atoms with Gasteiger partial charge < -0.3 is 14.6 Å². The quantitative estimate of drug-likeness (QED) is 0.483. The van der Waals surface area contributed by atoms with Crippen LogP contribution in [0.2, 0.25) is 0 Å². The summed E-state index contributed by atoms with van der Waals surface area (Å²) in [5.41, 5.74) is 0. The molecule has 0 aliphatic rings. The predicted octanol–water partition coefficient (Wildman–Crippen LogP) is 1.57. The summed E-state index contributed by atoms with van der Waals surface area (Å²) in [6, 6.07) is 0. The van der Waals surface area contributed by atoms with E-state index in [0.29, 0.717) is 6.42 Å². The maximum Gasteiger partial charge on any atom is 0.312 e. The van der Waals surface area contributed by atoms with E-state index in [1.807, 2.05) is 0 Å². The summed E-state index contributed by atoms with van der Waals surface area (Å²) in [5.74, 6) is -2.16. The van der Waals surface area contributed by atoms with Gasteiger partial charge in [0.2, 0.25) is 0 Å². The molecule has 0 amide bonds. The molecular weight excluding hydrogens is 248 g/mol. The number of carbonyl (C=O) groups excluding carboxylic acids is 2. The molecule has 0 saturated carbocycles. The SMILES string of the molecule is CCCCC[C@H](O)[C@@H](C(=O)OC)[C@H](C)C(=O)COC. The minimum atomic E-state index is -0.852. The Balaban J connectivity index is 4.69. The Bertz CT molecular complexity index is 277. The molecule has 0 aromatic rings. The summed E-state index contributed by atoms with van der Waals surface area (Å²) in [6.07, 6.45) is 2.50. The van der Waals surface area contributed by atoms with Crippen LogP contribution >= 0.6 is 0 Å². The van der Waals surface area contributed by atoms with Crippen molar-refractivity contribution in [3.8, 4) is 0 Å². The number of Topliss-reactive ketones (excluding diaryl/α,β-unsaturated/α-hetero) is 1. The zero-order valence-corrected chi connectivity index (χ0v) is 12.3. The minimum Gasteiger partial charge on any atom is -0.469 e. The van der Waals surface area contributed by atoms with Crippen molar-refractivity contribution in [2.45, 2.75) is 45.6 Å². The maximum absolute atomic E-state index is 11.8. The molecular formula is C14H26O5. The third kappa shape index (κ3) is 6.16. The van der Waals surface area contributed by atoms with Gasteiger partial charge in [0.25, 0.3) is 0 Å². The molecule has 0 heterocycles. The first-order chi connectivity index (χ1) is 8.99. The molecule has 0 rings (SSSR count). The van der Waals surface area contributed by atoms with Crippen LogP contribution in [0.1, 0.15) is 39.5 Å². The molecule has 0 unspecified atom stereocenters. The molecule has 0 aromatic heterocycles. The average Bonchev–Trinajstić information content (AvgIpc) is 2.39. The Morgan fingerprint density at radius 3 is 2.32 bits per heavy atom. The number of aliphatic hydroxyl groups is 1. The van der Waals surface area contributed by atoms with Gasteiger partial charge in [-0.25, -0.2) is 0 Å². The largest absolute Gasteiger partial charge is 0.469 e. The van der Waals surface area contributed by atoms with Gasteiger partial charge in [-0.15, -0.1) is 0 Å². The first kappa shape index (κ1) is 18.1. The number of ketones is 1. The average molecular weight is 274 g/mol. The van der Waals surface area contributed by atoms with E-state index in [9.17, 15) is 14.7 Å². The summed E-state index contributed by atoms with van der Waals surface area (Å²) < 4.78 is 9.48. The maximum atomic E-state index is 11.8. The van der Waals surface area contributed by atoms with Gasteiger partial charge in [-0.2, -0.15) is 0 Å². The third-order valence-electron chi connectivity index (χ3n) is 3.32. The second-order valence-corrected chi connectivity index (χ2v) is 4.80. The highest BCUT2D eigenvalue weighted by molar-refractivity contribution is 5.87. The van der Waals surface area contributed by atoms with Crippen molar-refractivity contribution in [1.29, 1.82) is 0 Å². The summed E-state index contributed by atoms with van der Waals surface area (Å²) in [5, 5.41) is 10.1. The first-order valence-electron chi connectivity index (χ1n) is 6.77. The second kappa shape index (κ2) is 9.92. The molecule has 0 aliphatic heterocycles. The van der Waals surface area contributed by atoms with E-state index >= 15 is 0 Å². The number of aliphatic hydroxyl groups excluding tert-OH is 1. The van der Waals surface area contributed by atoms with E-state index in [-0.39, 0.29) is 12.4 Å². The van der Waals surface area contributed by atoms with E-state index in [1.165, 1.54) is 14.2 Å². The molecule has 5 nitrogen and oxygen atoms in total. The second-order valence-electron chi connectivity index (χ2n) is 4.80. The van der Waals surface area contributed by atoms with Gasteiger partial charge in [-0.3, -0.25) is 9.59 Å². The van der Waals surface area contributed by atoms with E-state index in [2.05, 4.69) is 6.92 Å². The van der Waals surface area contributed by atoms with Crippen molar-refractivity contribution in [2.24, 2.45) is 11.8 Å². The molecule has 1 N–H and O–H groups in total. The molecule has 3 atom stereocenters. The van der Waals surface area contributed by atoms with Crippen LogP contribution < -0.4 is 0 Å². The lowest BCUT2D eigenvalue weighted by Crippen LogP contribution is -2.39. The van der Waals surface area contributed by atoms with Crippen molar-refractivity contribution >= 4 is 11.8 Å². The fourth-order valence-corrected chi connectivity index (χ4v) is 2.09. The van der Waals surface area contributed by atoms with E-state index in [4.69, 9.17) is 9.47 Å². The molecule has 0 saturated heterocycles. The van der Waals surface area contributed by atoms with Crippen LogP contribution in [0.15, 0.2) is 0 Å². The van der Waals surface area contributed by atoms with E-state index in [0.717, 1.165) is 19.3 Å². The van der Waals surface area contributed by atoms with Crippen molar-refractivity contribution in [1.82, 2.24) is 0 Å². The van der Waals surface area contributed by atoms with Crippen LogP contribution in [0.5, 0.6) is 0 Å². The smallest absolute Gasteiger partial charge is 0.312 e. The summed E-state index contributed by atoms with van der Waals surface area (Å²) >= 11 is 0. The lowest BCUT2D eigenvalue weighted by molar-refractivity contribution is -0.155. The van der Waals surface area contributed by atoms with E-state index in [1.54, 1.807) is 6.92 Å². The highest BCUT2D eigenvalue weighted by atomic mass is 16.5. The molecule has 0 fully saturated rings. The predicted molar refractivity (Wildman–Crippen MR) is 71.7 cm³/mol. The van der Waals surface area contributed by atoms with Gasteiger partial charge in [0.15, 0.2) is 5.78 Å². The Morgan fingerprint density at radius 1 is 1.21 bits per heavy atom. The van der Waals surface area contributed by atoms with Crippen LogP contribution in [-0.4, -0.2) is 43.8 Å². The van der Waals surface area contributed by atoms with E-state index < -0.39 is 23.9 Å². The van der Waals surface area contributed by atoms with Crippen LogP contribution in [0, 0.1) is 11.8 Å². The van der Waals surface area contributed by atoms with Crippen LogP contribution in [0.3, 0.4) is 0 Å². The molecule has 112 valence electrons. The number of methoxy groups -OCH3 is 2. The first-order valence-corrected chi connectivity index (χ1v) is 6.77. The zero-order valence-electron chi connectivity index (χ0n) is 12.3. The van der Waals surface area contributed by atoms with Crippen LogP contribution in [0.4, 0.5) is 0 Å². The molecule has 0 aromatic carbocycles. The van der Waals surface area contributed by atoms with Gasteiger partial charge >= 0.3 is 5.97 Å². The molecule has 0 spiro atoms. The van der Waals surface area contributed by atoms with Crippen LogP contribution in [-0.2, 0) is 19.1 Å². The van der Waals surface area contributed by atoms with Crippen LogP contribution in [0.25, 0.3) is 0 Å². The molecule has 0 radical (unpaired) electrons. The standard InChI is InChI=1S/C14H26O5/c1-5-6-7-8-11(15)13(14(17)19-4)10(2)12(16)9-18-3/h10-11,13,15H,5-9H2,1-4H3/t10-,11+,13+/m1/s1. The van der Waals surface area contributed by atoms with Crippen molar-refractivity contribution in [3.05, 3.63) is 0 Å². The lowest BCUT2D eigenvalue weighted by Gasteiger charge is -2.25. The van der Waals surface area contributed by atoms with Gasteiger partial charge in [0.05, 0.1) is 19.1 Å². The Kier molecular flexibility index (Phi) is 9.43. The number of ether oxygens (including phenoxy) is 2. The highest BCUT2D eigenvalue weighted by Crippen LogP contribution is 2.22. The van der Waals surface area contributed by atoms with Gasteiger partial charge in [0.1, 0.15) is 6.61 Å². The molecule has 0 aliphatic carbocycles. The monoisotopic (exact) mass is 274 g/mol. The van der Waals surface area contributed by atoms with Crippen molar-refractivity contribution in [2.75, 3.05) is 20.8 Å². The number of hydrogen-bond donors (Lipinski definition) is 1. The fourth-order valence-electron chi connectivity index (χ4n) is 2.09. The fraction of sp³-hybridized carbons (Fsp3) is 0.857. The van der Waals surface area contributed by atoms with Gasteiger partial charge in [-0.05, 0) is 6.42 Å². The molecule has 0 bridgehead atoms. The number of unbranched alkanes of at least 4 members (excludes halogenated alkanes) is 2. The summed E-state index contributed by atoms with van der Waals surface area (Å²) in [7, 11) is 2.69.